The number of unbranched alkanes of at least 4 members (excludes halogenated alkanes) is 22. The Bertz CT molecular complexity index is 572. The van der Waals surface area contributed by atoms with Crippen LogP contribution in [0.25, 0.3) is 0 Å². The quantitative estimate of drug-likeness (QED) is 0.0544. The minimum atomic E-state index is -0.689. The highest BCUT2D eigenvalue weighted by atomic mass is 16.6. The van der Waals surface area contributed by atoms with Gasteiger partial charge in [-0.05, 0) is 25.2 Å². The Labute approximate surface area is 241 Å². The molecule has 0 saturated carbocycles. The highest BCUT2D eigenvalue weighted by Gasteiger charge is 2.10. The number of aliphatic carboxylic acids is 1. The summed E-state index contributed by atoms with van der Waals surface area (Å²) in [5, 5.41) is 8.61. The molecule has 0 saturated heterocycles. The fourth-order valence-electron chi connectivity index (χ4n) is 5.13. The number of carbonyl (C=O) groups excluding carboxylic acids is 2. The van der Waals surface area contributed by atoms with Crippen molar-refractivity contribution in [2.75, 3.05) is 0 Å². The summed E-state index contributed by atoms with van der Waals surface area (Å²) < 4.78 is 4.98. The van der Waals surface area contributed by atoms with Crippen molar-refractivity contribution in [3.8, 4) is 0 Å². The average Bonchev–Trinajstić information content (AvgIpc) is 2.88. The Morgan fingerprint density at radius 1 is 0.436 bits per heavy atom. The number of hydrogen-bond donors (Lipinski definition) is 1. The van der Waals surface area contributed by atoms with Crippen LogP contribution in [0.2, 0.25) is 0 Å². The molecule has 0 unspecified atom stereocenters. The molecule has 0 aliphatic carbocycles. The molecule has 230 valence electrons. The first-order chi connectivity index (χ1) is 18.9. The van der Waals surface area contributed by atoms with E-state index < -0.39 is 5.97 Å². The first-order valence-corrected chi connectivity index (χ1v) is 16.9. The van der Waals surface area contributed by atoms with Gasteiger partial charge in [0, 0.05) is 19.3 Å². The molecule has 0 aliphatic heterocycles. The number of hydrogen-bond acceptors (Lipinski definition) is 4. The van der Waals surface area contributed by atoms with Gasteiger partial charge in [-0.1, -0.05) is 155 Å². The predicted octanol–water partition coefficient (Wildman–Crippen LogP) is 10.7. The summed E-state index contributed by atoms with van der Waals surface area (Å²) in [6.45, 7) is 4.61. The fourth-order valence-corrected chi connectivity index (χ4v) is 5.13. The first kappa shape index (κ1) is 37.6. The van der Waals surface area contributed by atoms with Gasteiger partial charge in [0.15, 0.2) is 0 Å². The van der Waals surface area contributed by atoms with E-state index in [1.54, 1.807) is 0 Å². The second-order valence-corrected chi connectivity index (χ2v) is 12.2. The van der Waals surface area contributed by atoms with Gasteiger partial charge in [-0.25, -0.2) is 0 Å². The van der Waals surface area contributed by atoms with Crippen LogP contribution in [0.1, 0.15) is 194 Å². The monoisotopic (exact) mass is 552 g/mol. The molecule has 0 fully saturated rings. The van der Waals surface area contributed by atoms with Gasteiger partial charge in [0.1, 0.15) is 0 Å². The Kier molecular flexibility index (Phi) is 28.5. The Hall–Kier alpha value is -1.39. The van der Waals surface area contributed by atoms with E-state index in [2.05, 4.69) is 13.8 Å². The van der Waals surface area contributed by atoms with E-state index in [0.29, 0.717) is 19.3 Å². The summed E-state index contributed by atoms with van der Waals surface area (Å²) in [5.74, 6) is -0.554. The highest BCUT2D eigenvalue weighted by molar-refractivity contribution is 5.85. The minimum Gasteiger partial charge on any atom is -0.481 e. The predicted molar refractivity (Wildman–Crippen MR) is 163 cm³/mol. The van der Waals surface area contributed by atoms with Crippen molar-refractivity contribution in [2.24, 2.45) is 5.92 Å². The van der Waals surface area contributed by atoms with E-state index >= 15 is 0 Å². The van der Waals surface area contributed by atoms with Crippen LogP contribution in [-0.4, -0.2) is 23.0 Å². The molecule has 0 spiro atoms. The maximum absolute atomic E-state index is 11.9. The molecule has 0 aromatic heterocycles. The number of carbonyl (C=O) groups is 3. The van der Waals surface area contributed by atoms with Crippen LogP contribution in [0.15, 0.2) is 0 Å². The maximum Gasteiger partial charge on any atom is 0.313 e. The lowest BCUT2D eigenvalue weighted by Gasteiger charge is -2.05. The summed E-state index contributed by atoms with van der Waals surface area (Å²) in [5.41, 5.74) is 0. The molecular formula is C34H64O5. The molecule has 5 nitrogen and oxygen atoms in total. The van der Waals surface area contributed by atoms with Gasteiger partial charge in [-0.3, -0.25) is 14.4 Å². The second kappa shape index (κ2) is 29.6. The number of carboxylic acid groups (broad SMARTS) is 1. The van der Waals surface area contributed by atoms with Crippen LogP contribution >= 0.6 is 0 Å². The third-order valence-electron chi connectivity index (χ3n) is 7.66. The Balaban J connectivity index is 3.30. The van der Waals surface area contributed by atoms with Crippen LogP contribution in [0.3, 0.4) is 0 Å². The molecule has 0 aliphatic rings. The summed E-state index contributed by atoms with van der Waals surface area (Å²) in [7, 11) is 0. The minimum absolute atomic E-state index is 0.299. The van der Waals surface area contributed by atoms with Crippen molar-refractivity contribution >= 4 is 17.9 Å². The molecule has 0 amide bonds. The smallest absolute Gasteiger partial charge is 0.313 e. The molecule has 5 heteroatoms. The van der Waals surface area contributed by atoms with E-state index in [4.69, 9.17) is 9.84 Å². The Morgan fingerprint density at radius 2 is 0.692 bits per heavy atom. The van der Waals surface area contributed by atoms with Gasteiger partial charge in [-0.2, -0.15) is 0 Å². The fraction of sp³-hybridized carbons (Fsp3) is 0.912. The summed E-state index contributed by atoms with van der Waals surface area (Å²) in [6, 6.07) is 0. The second-order valence-electron chi connectivity index (χ2n) is 12.2. The number of carboxylic acids is 1. The van der Waals surface area contributed by atoms with Crippen LogP contribution in [-0.2, 0) is 19.1 Å². The van der Waals surface area contributed by atoms with Gasteiger partial charge >= 0.3 is 17.9 Å². The highest BCUT2D eigenvalue weighted by Crippen LogP contribution is 2.15. The molecule has 0 atom stereocenters. The summed E-state index contributed by atoms with van der Waals surface area (Å²) in [6.07, 6.45) is 31.0. The van der Waals surface area contributed by atoms with Crippen molar-refractivity contribution in [3.63, 3.8) is 0 Å². The van der Waals surface area contributed by atoms with Crippen molar-refractivity contribution in [1.29, 1.82) is 0 Å². The van der Waals surface area contributed by atoms with Crippen LogP contribution in [0.4, 0.5) is 0 Å². The SMILES string of the molecule is CC(C)CCCCCCCCCCCCCCC(=O)OC(=O)CCCCCCCCCCCCCCC(=O)O. The van der Waals surface area contributed by atoms with Gasteiger partial charge in [-0.15, -0.1) is 0 Å². The number of ether oxygens (including phenoxy) is 1. The largest absolute Gasteiger partial charge is 0.481 e. The molecular weight excluding hydrogens is 488 g/mol. The third kappa shape index (κ3) is 32.7. The zero-order chi connectivity index (χ0) is 28.8. The van der Waals surface area contributed by atoms with Gasteiger partial charge in [0.2, 0.25) is 0 Å². The zero-order valence-electron chi connectivity index (χ0n) is 26.0. The average molecular weight is 553 g/mol. The van der Waals surface area contributed by atoms with Crippen molar-refractivity contribution in [1.82, 2.24) is 0 Å². The zero-order valence-corrected chi connectivity index (χ0v) is 26.0. The van der Waals surface area contributed by atoms with E-state index in [1.807, 2.05) is 0 Å². The normalized spacial score (nSPS) is 11.3. The topological polar surface area (TPSA) is 80.7 Å². The van der Waals surface area contributed by atoms with E-state index in [9.17, 15) is 14.4 Å². The van der Waals surface area contributed by atoms with Crippen LogP contribution < -0.4 is 0 Å². The van der Waals surface area contributed by atoms with Gasteiger partial charge < -0.3 is 9.84 Å². The lowest BCUT2D eigenvalue weighted by Crippen LogP contribution is -2.11. The van der Waals surface area contributed by atoms with Crippen LogP contribution in [0.5, 0.6) is 0 Å². The van der Waals surface area contributed by atoms with Crippen molar-refractivity contribution in [2.45, 2.75) is 194 Å². The van der Waals surface area contributed by atoms with E-state index in [0.717, 1.165) is 57.3 Å². The van der Waals surface area contributed by atoms with Gasteiger partial charge in [0.25, 0.3) is 0 Å². The molecule has 0 heterocycles. The van der Waals surface area contributed by atoms with E-state index in [1.165, 1.54) is 109 Å². The van der Waals surface area contributed by atoms with Crippen molar-refractivity contribution in [3.05, 3.63) is 0 Å². The maximum atomic E-state index is 11.9. The van der Waals surface area contributed by atoms with Gasteiger partial charge in [0.05, 0.1) is 0 Å². The molecule has 0 bridgehead atoms. The molecule has 0 radical (unpaired) electrons. The molecule has 0 aromatic rings. The first-order valence-electron chi connectivity index (χ1n) is 16.9. The lowest BCUT2D eigenvalue weighted by molar-refractivity contribution is -0.159. The standard InChI is InChI=1S/C34H64O5/c1-31(2)27-23-19-15-11-7-3-5-9-13-17-21-25-29-33(37)39-34(38)30-26-22-18-14-10-6-4-8-12-16-20-24-28-32(35)36/h31H,3-30H2,1-2H3,(H,35,36). The third-order valence-corrected chi connectivity index (χ3v) is 7.66. The van der Waals surface area contributed by atoms with E-state index in [-0.39, 0.29) is 11.9 Å². The molecule has 1 N–H and O–H groups in total. The molecule has 0 rings (SSSR count). The number of esters is 2. The summed E-state index contributed by atoms with van der Waals surface area (Å²) >= 11 is 0. The number of rotatable bonds is 30. The lowest BCUT2D eigenvalue weighted by atomic mass is 10.0. The molecule has 0 aromatic carbocycles. The summed E-state index contributed by atoms with van der Waals surface area (Å²) in [4.78, 5) is 34.2. The van der Waals surface area contributed by atoms with Crippen LogP contribution in [0, 0.1) is 5.92 Å². The Morgan fingerprint density at radius 3 is 0.974 bits per heavy atom. The van der Waals surface area contributed by atoms with Crippen molar-refractivity contribution < 1.29 is 24.2 Å². The molecule has 39 heavy (non-hydrogen) atoms.